The number of carboxylic acids is 1. The van der Waals surface area contributed by atoms with E-state index in [-0.39, 0.29) is 59.5 Å². The molecule has 7 nitrogen and oxygen atoms in total. The van der Waals surface area contributed by atoms with Crippen molar-refractivity contribution >= 4 is 556 Å². The highest BCUT2D eigenvalue weighted by Gasteiger charge is 2.47. The number of aliphatic hydroxyl groups is 1. The number of aliphatic carboxylic acids is 1. The summed E-state index contributed by atoms with van der Waals surface area (Å²) in [5.41, 5.74) is 0. The smallest absolute Gasteiger partial charge is 0.303 e. The lowest BCUT2D eigenvalue weighted by Gasteiger charge is -2.48. The Balaban J connectivity index is 0. The first-order valence-corrected chi connectivity index (χ1v) is 110. The van der Waals surface area contributed by atoms with Crippen LogP contribution in [0.5, 0.6) is 0 Å². The van der Waals surface area contributed by atoms with E-state index in [2.05, 4.69) is 102 Å². The van der Waals surface area contributed by atoms with E-state index in [1.807, 2.05) is 211 Å². The van der Waals surface area contributed by atoms with Gasteiger partial charge in [0.25, 0.3) is 0 Å². The molecule has 634 valence electrons. The normalized spacial score (nSPS) is 17.8. The molecule has 2 heterocycles. The minimum absolute atomic E-state index is 0.00310. The number of hydrogen-bond acceptors (Lipinski definition) is 10. The Kier molecular flexibility index (Phi) is 96.3. The van der Waals surface area contributed by atoms with Crippen molar-refractivity contribution in [1.82, 2.24) is 0 Å². The predicted octanol–water partition coefficient (Wildman–Crippen LogP) is 9.93. The molecule has 0 bridgehead atoms. The van der Waals surface area contributed by atoms with Crippen molar-refractivity contribution in [2.45, 2.75) is 207 Å². The molecular weight excluding hydrogens is 2520 g/mol. The summed E-state index contributed by atoms with van der Waals surface area (Å²) in [5.74, 6) is 0.531. The molecule has 2 aliphatic heterocycles. The lowest BCUT2D eigenvalue weighted by Crippen LogP contribution is -2.54. The van der Waals surface area contributed by atoms with E-state index in [1.165, 1.54) is 35.5 Å². The first kappa shape index (κ1) is 121. The first-order chi connectivity index (χ1) is 50.7. The largest absolute Gasteiger partial charge is 0.481 e. The molecule has 0 saturated carbocycles. The van der Waals surface area contributed by atoms with E-state index in [9.17, 15) is 15.0 Å². The summed E-state index contributed by atoms with van der Waals surface area (Å²) in [6.45, 7) is 36.1. The average molecular weight is 2600 g/mol. The molecule has 68 heteroatoms. The van der Waals surface area contributed by atoms with Crippen molar-refractivity contribution in [2.75, 3.05) is 6.61 Å². The van der Waals surface area contributed by atoms with Crippen LogP contribution in [0.4, 0.5) is 0 Å². The highest BCUT2D eigenvalue weighted by Crippen LogP contribution is 2.43. The van der Waals surface area contributed by atoms with Crippen molar-refractivity contribution in [3.8, 4) is 0 Å². The van der Waals surface area contributed by atoms with Crippen molar-refractivity contribution in [2.24, 2.45) is 23.7 Å². The molecular formula is C38H78O7S59Si2. The molecule has 0 amide bonds. The molecule has 0 radical (unpaired) electrons. The molecule has 0 spiro atoms. The third kappa shape index (κ3) is 72.6. The molecule has 10 atom stereocenters. The molecule has 0 aliphatic carbocycles. The fourth-order valence-corrected chi connectivity index (χ4v) is 150. The summed E-state index contributed by atoms with van der Waals surface area (Å²) in [6, 6.07) is 0. The molecule has 2 N–H and O–H groups in total. The minimum Gasteiger partial charge on any atom is -0.481 e. The maximum atomic E-state index is 11.2. The van der Waals surface area contributed by atoms with Gasteiger partial charge >= 0.3 is 5.97 Å². The van der Waals surface area contributed by atoms with Crippen molar-refractivity contribution in [1.29, 1.82) is 0 Å². The van der Waals surface area contributed by atoms with E-state index in [1.54, 1.807) is 249 Å². The Morgan fingerprint density at radius 1 is 0.387 bits per heavy atom. The third-order valence-electron chi connectivity index (χ3n) is 13.2. The SMILES string of the molecule is CCC[C@H]1O[C@@H]([C@@H](C)CC(=O)O)[C@@H](O[Si](C)(C)C(C)(C)C)C[C@H]1C.CCC[C@H]1O[C@@H]([C@@H](C)CCO)[C@@H](O[Si](C)(C)C(C)(C)C)C[C@H]1C.S=S=S=S=S=S=S=S=S=S=S=S=S=S=S=S=S=S=S=S=S=S=S=S=S=S=S=S=S.S=S=S=S=S=S=S=S=S=S=S=S=S=S=S=S=S=S=S=S=S=S=S=S=S=S=S=S=S=S. The molecule has 2 aliphatic rings. The predicted molar refractivity (Wildman–Crippen MR) is 636 cm³/mol. The zero-order chi connectivity index (χ0) is 79.4. The highest BCUT2D eigenvalue weighted by molar-refractivity contribution is 8.82. The standard InChI is InChI=1S/C19H38O4Si.C19H40O3Si.S30.S29/c1-9-10-15-13(2)11-16(23-24(7,8)19(4,5)6)18(22-15)14(3)12-17(20)21;1-9-10-16-15(3)13-17(18(21-16)14(2)11-12-20)22-23(7,8)19(4,5)6;1-3-5-7-9-11-13-15-17-19-21-23-25-27-29-30-28-26-24-22-20-18-16-14-12-10-8-6-4-2;1-3-5-7-9-11-13-15-17-19-21-23-25-27-29-28-26-24-22-20-18-16-14-12-10-8-6-4-2/h13-16,18H,9-12H2,1-8H3,(H,20,21);14-18,20H,9-13H2,1-8H3;;/t13-,14+,15-,16+,18+;14-,15+,16+,17-,18-;;/m10../s1. The maximum absolute atomic E-state index is 11.2. The second-order valence-corrected chi connectivity index (χ2v) is 129. The molecule has 0 aromatic heterocycles. The first-order valence-electron chi connectivity index (χ1n) is 28.4. The lowest BCUT2D eigenvalue weighted by molar-refractivity contribution is -0.163. The van der Waals surface area contributed by atoms with Crippen molar-refractivity contribution in [3.63, 3.8) is 0 Å². The van der Waals surface area contributed by atoms with Crippen LogP contribution in [0.2, 0.25) is 36.3 Å². The van der Waals surface area contributed by atoms with Crippen LogP contribution in [0, 0.1) is 23.7 Å². The number of ether oxygens (including phenoxy) is 2. The highest BCUT2D eigenvalue weighted by atomic mass is 33.5. The van der Waals surface area contributed by atoms with Gasteiger partial charge in [0.1, 0.15) is 0 Å². The zero-order valence-corrected chi connectivity index (χ0v) is 108. The maximum Gasteiger partial charge on any atom is 0.303 e. The fourth-order valence-electron chi connectivity index (χ4n) is 7.11. The monoisotopic (exact) mass is 2590 g/mol. The van der Waals surface area contributed by atoms with Crippen LogP contribution < -0.4 is 0 Å². The van der Waals surface area contributed by atoms with Crippen molar-refractivity contribution in [3.05, 3.63) is 0 Å². The molecule has 0 aromatic carbocycles. The molecule has 0 unspecified atom stereocenters. The molecule has 2 rings (SSSR count). The second-order valence-electron chi connectivity index (χ2n) is 21.9. The van der Waals surface area contributed by atoms with Gasteiger partial charge in [0.2, 0.25) is 0 Å². The second kappa shape index (κ2) is 84.5. The Labute approximate surface area is 808 Å². The van der Waals surface area contributed by atoms with Gasteiger partial charge in [-0.3, -0.25) is 4.79 Å². The van der Waals surface area contributed by atoms with Crippen LogP contribution >= 0.6 is 0 Å². The van der Waals surface area contributed by atoms with Gasteiger partial charge in [-0.1, -0.05) is 95.9 Å². The molecule has 2 saturated heterocycles. The molecule has 106 heavy (non-hydrogen) atoms. The van der Waals surface area contributed by atoms with Gasteiger partial charge in [-0.2, -0.15) is 0 Å². The minimum atomic E-state index is -1.92. The molecule has 0 aromatic rings. The quantitative estimate of drug-likeness (QED) is 0.163. The lowest BCUT2D eigenvalue weighted by atomic mass is 9.84. The number of rotatable bonds is 14. The van der Waals surface area contributed by atoms with E-state index >= 15 is 0 Å². The van der Waals surface area contributed by atoms with Gasteiger partial charge in [0.15, 0.2) is 16.6 Å². The number of carboxylic acid groups (broad SMARTS) is 1. The Hall–Kier alpha value is 12.7. The van der Waals surface area contributed by atoms with E-state index in [0.717, 1.165) is 44.9 Å². The third-order valence-corrected chi connectivity index (χ3v) is 140. The fraction of sp³-hybridized carbons (Fsp3) is 0.974. The van der Waals surface area contributed by atoms with Crippen LogP contribution in [0.3, 0.4) is 0 Å². The zero-order valence-electron chi connectivity index (χ0n) is 57.7. The number of aliphatic hydroxyl groups excluding tert-OH is 1. The van der Waals surface area contributed by atoms with E-state index in [4.69, 9.17) is 63.1 Å². The van der Waals surface area contributed by atoms with Crippen LogP contribution in [0.1, 0.15) is 134 Å². The summed E-state index contributed by atoms with van der Waals surface area (Å²) in [4.78, 5) is 11.2. The number of hydrogen-bond donors (Lipinski definition) is 2. The molecule has 2 fully saturated rings. The summed E-state index contributed by atoms with van der Waals surface area (Å²) in [6.07, 6.45) is 8.08. The van der Waals surface area contributed by atoms with Crippen LogP contribution in [0.25, 0.3) is 0 Å². The number of carbonyl (C=O) groups is 1. The van der Waals surface area contributed by atoms with Crippen LogP contribution in [0.15, 0.2) is 0 Å². The van der Waals surface area contributed by atoms with Crippen molar-refractivity contribution < 1.29 is 33.3 Å². The Morgan fingerprint density at radius 3 is 0.736 bits per heavy atom. The van der Waals surface area contributed by atoms with Gasteiger partial charge in [-0.15, -0.1) is 0 Å². The van der Waals surface area contributed by atoms with Crippen LogP contribution in [-0.4, -0.2) is 76.0 Å². The topological polar surface area (TPSA) is 94.5 Å². The Morgan fingerprint density at radius 2 is 0.575 bits per heavy atom. The average Bonchev–Trinajstić information content (AvgIpc) is 0.801. The van der Waals surface area contributed by atoms with E-state index < -0.39 is 22.6 Å². The van der Waals surface area contributed by atoms with Gasteiger partial charge in [-0.05, 0) is 92.0 Å². The summed E-state index contributed by atoms with van der Waals surface area (Å²) >= 11 is 19.1. The van der Waals surface area contributed by atoms with Gasteiger partial charge in [0, 0.05) is 540 Å². The summed E-state index contributed by atoms with van der Waals surface area (Å²) in [5, 5.41) is 18.9. The van der Waals surface area contributed by atoms with Gasteiger partial charge < -0.3 is 28.5 Å². The van der Waals surface area contributed by atoms with Gasteiger partial charge in [0.05, 0.1) is 43.0 Å². The van der Waals surface area contributed by atoms with E-state index in [0.29, 0.717) is 23.9 Å². The van der Waals surface area contributed by atoms with Crippen LogP contribution in [-0.2, 0) is 556 Å². The Bertz CT molecular complexity index is 5320. The van der Waals surface area contributed by atoms with Gasteiger partial charge in [-0.25, -0.2) is 0 Å². The summed E-state index contributed by atoms with van der Waals surface area (Å²) in [7, 11) is 92.6. The summed E-state index contributed by atoms with van der Waals surface area (Å²) < 4.78 is 26.3.